The van der Waals surface area contributed by atoms with Gasteiger partial charge in [0.2, 0.25) is 0 Å². The second kappa shape index (κ2) is 8.21. The molecule has 0 aromatic carbocycles. The van der Waals surface area contributed by atoms with E-state index in [4.69, 9.17) is 13.9 Å². The average Bonchev–Trinajstić information content (AvgIpc) is 3.01. The van der Waals surface area contributed by atoms with E-state index in [0.29, 0.717) is 24.7 Å². The number of hydrogen-bond acceptors (Lipinski definition) is 7. The summed E-state index contributed by atoms with van der Waals surface area (Å²) in [6.07, 6.45) is 7.87. The first kappa shape index (κ1) is 23.6. The average molecular weight is 473 g/mol. The summed E-state index contributed by atoms with van der Waals surface area (Å²) in [5.41, 5.74) is -1.02. The summed E-state index contributed by atoms with van der Waals surface area (Å²) in [6.45, 7) is 6.49. The topological polar surface area (TPSA) is 103 Å². The van der Waals surface area contributed by atoms with Gasteiger partial charge in [0.25, 0.3) is 6.47 Å². The maximum Gasteiger partial charge on any atom is 0.335 e. The molecule has 4 saturated carbocycles. The highest BCUT2D eigenvalue weighted by molar-refractivity contribution is 5.66. The Morgan fingerprint density at radius 1 is 1.15 bits per heavy atom. The van der Waals surface area contributed by atoms with Crippen LogP contribution in [0.15, 0.2) is 27.6 Å². The number of fused-ring (bicyclic) bond motifs is 5. The van der Waals surface area contributed by atoms with Crippen molar-refractivity contribution in [1.29, 1.82) is 0 Å². The Kier molecular flexibility index (Phi) is 5.70. The molecule has 34 heavy (non-hydrogen) atoms. The molecule has 1 aromatic heterocycles. The van der Waals surface area contributed by atoms with Crippen LogP contribution in [0.1, 0.15) is 83.6 Å². The Labute approximate surface area is 200 Å². The summed E-state index contributed by atoms with van der Waals surface area (Å²) < 4.78 is 16.3. The van der Waals surface area contributed by atoms with E-state index in [9.17, 15) is 19.5 Å². The highest BCUT2D eigenvalue weighted by atomic mass is 16.5. The van der Waals surface area contributed by atoms with Crippen LogP contribution in [0.5, 0.6) is 0 Å². The Hall–Kier alpha value is -2.15. The van der Waals surface area contributed by atoms with Crippen LogP contribution in [-0.2, 0) is 19.1 Å². The second-order valence-electron chi connectivity index (χ2n) is 11.7. The van der Waals surface area contributed by atoms with Gasteiger partial charge in [0.15, 0.2) is 0 Å². The van der Waals surface area contributed by atoms with Gasteiger partial charge >= 0.3 is 11.6 Å². The lowest BCUT2D eigenvalue weighted by Crippen LogP contribution is -2.62. The van der Waals surface area contributed by atoms with E-state index in [0.717, 1.165) is 50.5 Å². The number of carbonyl (C=O) groups is 2. The van der Waals surface area contributed by atoms with Gasteiger partial charge in [0.1, 0.15) is 12.2 Å². The van der Waals surface area contributed by atoms with Crippen molar-refractivity contribution >= 4 is 12.4 Å². The van der Waals surface area contributed by atoms with Gasteiger partial charge in [0, 0.05) is 30.7 Å². The van der Waals surface area contributed by atoms with Crippen molar-refractivity contribution in [3.8, 4) is 0 Å². The molecule has 186 valence electrons. The number of carbonyl (C=O) groups excluding carboxylic acids is 2. The lowest BCUT2D eigenvalue weighted by atomic mass is 9.43. The van der Waals surface area contributed by atoms with Crippen molar-refractivity contribution < 1.29 is 28.6 Å². The van der Waals surface area contributed by atoms with E-state index in [2.05, 4.69) is 13.8 Å². The van der Waals surface area contributed by atoms with Crippen LogP contribution >= 0.6 is 0 Å². The molecule has 1 heterocycles. The zero-order chi connectivity index (χ0) is 24.3. The monoisotopic (exact) mass is 472 g/mol. The smallest absolute Gasteiger partial charge is 0.335 e. The Morgan fingerprint density at radius 2 is 1.94 bits per heavy atom. The molecule has 5 rings (SSSR count). The van der Waals surface area contributed by atoms with Crippen molar-refractivity contribution in [2.24, 2.45) is 28.6 Å². The first-order valence-electron chi connectivity index (χ1n) is 12.7. The standard InChI is InChI=1S/C27H36O7/c1-16(29)34-22-13-27(31)21-6-5-18-12-19(33-15-28)8-10-25(18,2)20(21)9-11-26(27,3)24(22)17-4-7-23(30)32-14-17/h4,7,14-15,18-22,24,31H,5-6,8-13H2,1-3H3/t18-,19+,20+,21-,22+,24+,25+,26-,27+/m1/s1. The first-order chi connectivity index (χ1) is 16.1. The zero-order valence-electron chi connectivity index (χ0n) is 20.3. The summed E-state index contributed by atoms with van der Waals surface area (Å²) in [5.74, 6) is 0.347. The number of ether oxygens (including phenoxy) is 2. The van der Waals surface area contributed by atoms with E-state index in [1.54, 1.807) is 6.07 Å². The van der Waals surface area contributed by atoms with Crippen LogP contribution in [0.2, 0.25) is 0 Å². The van der Waals surface area contributed by atoms with Crippen molar-refractivity contribution in [2.45, 2.75) is 95.9 Å². The molecule has 0 aliphatic heterocycles. The van der Waals surface area contributed by atoms with Gasteiger partial charge in [-0.15, -0.1) is 0 Å². The molecule has 0 bridgehead atoms. The normalized spacial score (nSPS) is 45.4. The van der Waals surface area contributed by atoms with E-state index >= 15 is 0 Å². The van der Waals surface area contributed by atoms with E-state index in [1.807, 2.05) is 0 Å². The van der Waals surface area contributed by atoms with Gasteiger partial charge in [-0.25, -0.2) is 4.79 Å². The first-order valence-corrected chi connectivity index (χ1v) is 12.7. The van der Waals surface area contributed by atoms with E-state index in [1.165, 1.54) is 19.3 Å². The Morgan fingerprint density at radius 3 is 2.62 bits per heavy atom. The summed E-state index contributed by atoms with van der Waals surface area (Å²) in [5, 5.41) is 12.5. The lowest BCUT2D eigenvalue weighted by Gasteiger charge is -2.63. The van der Waals surface area contributed by atoms with Crippen LogP contribution in [0.3, 0.4) is 0 Å². The van der Waals surface area contributed by atoms with E-state index in [-0.39, 0.29) is 29.3 Å². The zero-order valence-corrected chi connectivity index (χ0v) is 20.3. The molecule has 0 unspecified atom stereocenters. The molecule has 7 nitrogen and oxygen atoms in total. The van der Waals surface area contributed by atoms with Gasteiger partial charge in [-0.1, -0.05) is 13.8 Å². The number of aliphatic hydroxyl groups is 1. The van der Waals surface area contributed by atoms with Crippen LogP contribution < -0.4 is 5.63 Å². The summed E-state index contributed by atoms with van der Waals surface area (Å²) in [7, 11) is 0. The molecule has 9 atom stereocenters. The van der Waals surface area contributed by atoms with Gasteiger partial charge in [0.05, 0.1) is 11.9 Å². The predicted octanol–water partition coefficient (Wildman–Crippen LogP) is 3.96. The molecule has 0 saturated heterocycles. The van der Waals surface area contributed by atoms with Crippen LogP contribution in [0.4, 0.5) is 0 Å². The van der Waals surface area contributed by atoms with E-state index < -0.39 is 22.7 Å². The van der Waals surface area contributed by atoms with Crippen molar-refractivity contribution in [2.75, 3.05) is 0 Å². The summed E-state index contributed by atoms with van der Waals surface area (Å²) >= 11 is 0. The minimum atomic E-state index is -0.985. The molecule has 0 spiro atoms. The van der Waals surface area contributed by atoms with Crippen molar-refractivity contribution in [3.63, 3.8) is 0 Å². The fourth-order valence-electron chi connectivity index (χ4n) is 8.85. The van der Waals surface area contributed by atoms with Crippen LogP contribution in [0, 0.1) is 28.6 Å². The molecule has 1 aromatic rings. The molecule has 0 radical (unpaired) electrons. The maximum atomic E-state index is 12.5. The molecule has 7 heteroatoms. The number of hydrogen-bond donors (Lipinski definition) is 1. The highest BCUT2D eigenvalue weighted by Gasteiger charge is 2.70. The van der Waals surface area contributed by atoms with Crippen molar-refractivity contribution in [1.82, 2.24) is 0 Å². The molecule has 4 fully saturated rings. The van der Waals surface area contributed by atoms with Crippen LogP contribution in [-0.4, -0.2) is 35.4 Å². The Bertz CT molecular complexity index is 998. The van der Waals surface area contributed by atoms with Gasteiger partial charge < -0.3 is 19.0 Å². The van der Waals surface area contributed by atoms with Gasteiger partial charge in [-0.3, -0.25) is 9.59 Å². The minimum Gasteiger partial charge on any atom is -0.465 e. The third-order valence-corrected chi connectivity index (χ3v) is 10.4. The van der Waals surface area contributed by atoms with Gasteiger partial charge in [-0.05, 0) is 79.7 Å². The predicted molar refractivity (Wildman–Crippen MR) is 123 cm³/mol. The quantitative estimate of drug-likeness (QED) is 0.522. The third-order valence-electron chi connectivity index (χ3n) is 10.4. The van der Waals surface area contributed by atoms with Crippen molar-refractivity contribution in [3.05, 3.63) is 34.4 Å². The molecule has 4 aliphatic rings. The highest BCUT2D eigenvalue weighted by Crippen LogP contribution is 2.71. The van der Waals surface area contributed by atoms with Crippen LogP contribution in [0.25, 0.3) is 0 Å². The molecule has 4 aliphatic carbocycles. The molecule has 1 N–H and O–H groups in total. The molecular weight excluding hydrogens is 436 g/mol. The lowest BCUT2D eigenvalue weighted by molar-refractivity contribution is -0.206. The largest absolute Gasteiger partial charge is 0.465 e. The Balaban J connectivity index is 1.50. The summed E-state index contributed by atoms with van der Waals surface area (Å²) in [4.78, 5) is 34.6. The third kappa shape index (κ3) is 3.37. The van der Waals surface area contributed by atoms with Gasteiger partial charge in [-0.2, -0.15) is 0 Å². The molecule has 0 amide bonds. The molecular formula is C27H36O7. The fraction of sp³-hybridized carbons (Fsp3) is 0.741. The number of rotatable bonds is 4. The number of esters is 1. The minimum absolute atomic E-state index is 0.000937. The second-order valence-corrected chi connectivity index (χ2v) is 11.7. The SMILES string of the molecule is CC(=O)O[C@H]1C[C@]2(O)[C@@H]3CC[C@@H]4C[C@@H](OC=O)CC[C@]4(C)[C@H]3CC[C@]2(C)[C@H]1c1ccc(=O)oc1. The summed E-state index contributed by atoms with van der Waals surface area (Å²) in [6, 6.07) is 3.15. The fourth-order valence-corrected chi connectivity index (χ4v) is 8.85. The maximum absolute atomic E-state index is 12.5.